The molecule has 3 rings (SSSR count). The molecule has 0 aliphatic heterocycles. The van der Waals surface area contributed by atoms with Gasteiger partial charge in [0.15, 0.2) is 0 Å². The van der Waals surface area contributed by atoms with E-state index in [-0.39, 0.29) is 6.42 Å². The monoisotopic (exact) mass is 435 g/mol. The number of carbonyl (C=O) groups excluding carboxylic acids is 3. The summed E-state index contributed by atoms with van der Waals surface area (Å²) in [7, 11) is 0. The van der Waals surface area contributed by atoms with E-state index >= 15 is 0 Å². The van der Waals surface area contributed by atoms with Gasteiger partial charge in [-0.1, -0.05) is 60.1 Å². The third-order valence-corrected chi connectivity index (χ3v) is 4.90. The van der Waals surface area contributed by atoms with Crippen molar-refractivity contribution in [2.45, 2.75) is 18.9 Å². The zero-order chi connectivity index (χ0) is 22.2. The Hall–Kier alpha value is -3.64. The first-order valence-corrected chi connectivity index (χ1v) is 10.1. The average molecular weight is 436 g/mol. The molecule has 7 heteroatoms. The number of para-hydroxylation sites is 1. The number of anilines is 1. The summed E-state index contributed by atoms with van der Waals surface area (Å²) in [6.45, 7) is 0. The van der Waals surface area contributed by atoms with Gasteiger partial charge in [0.1, 0.15) is 6.04 Å². The molecule has 1 atom stereocenters. The summed E-state index contributed by atoms with van der Waals surface area (Å²) in [5, 5.41) is 5.88. The number of nitrogens with one attached hydrogen (secondary N) is 2. The maximum absolute atomic E-state index is 12.9. The number of rotatable bonds is 8. The van der Waals surface area contributed by atoms with Crippen molar-refractivity contribution < 1.29 is 14.4 Å². The van der Waals surface area contributed by atoms with E-state index in [9.17, 15) is 14.4 Å². The van der Waals surface area contributed by atoms with Crippen molar-refractivity contribution in [1.82, 2.24) is 5.32 Å². The lowest BCUT2D eigenvalue weighted by molar-refractivity contribution is -0.123. The second-order valence-electron chi connectivity index (χ2n) is 7.01. The molecular formula is C24H22ClN3O3. The molecule has 3 aromatic rings. The minimum absolute atomic E-state index is 0.316. The quantitative estimate of drug-likeness (QED) is 0.504. The summed E-state index contributed by atoms with van der Waals surface area (Å²) in [6.07, 6.45) is 0.293. The van der Waals surface area contributed by atoms with Crippen LogP contribution in [0, 0.1) is 0 Å². The summed E-state index contributed by atoms with van der Waals surface area (Å²) in [4.78, 5) is 37.0. The summed E-state index contributed by atoms with van der Waals surface area (Å²) in [5.74, 6) is -1.73. The molecule has 3 amide bonds. The Kier molecular flexibility index (Phi) is 7.40. The fraction of sp³-hybridized carbons (Fsp3) is 0.125. The lowest BCUT2D eigenvalue weighted by Crippen LogP contribution is -2.46. The molecule has 31 heavy (non-hydrogen) atoms. The minimum atomic E-state index is -1.12. The van der Waals surface area contributed by atoms with Crippen LogP contribution in [0.2, 0.25) is 5.02 Å². The largest absolute Gasteiger partial charge is 0.370 e. The minimum Gasteiger partial charge on any atom is -0.370 e. The van der Waals surface area contributed by atoms with Crippen LogP contribution < -0.4 is 16.4 Å². The van der Waals surface area contributed by atoms with Gasteiger partial charge < -0.3 is 16.4 Å². The molecule has 158 valence electrons. The number of nitrogens with two attached hydrogens (primary N) is 1. The van der Waals surface area contributed by atoms with Gasteiger partial charge in [-0.2, -0.15) is 0 Å². The van der Waals surface area contributed by atoms with E-state index in [1.165, 1.54) is 12.1 Å². The van der Waals surface area contributed by atoms with E-state index in [2.05, 4.69) is 10.6 Å². The molecule has 0 unspecified atom stereocenters. The zero-order valence-electron chi connectivity index (χ0n) is 16.7. The Labute approximate surface area is 185 Å². The van der Waals surface area contributed by atoms with Gasteiger partial charge in [0.25, 0.3) is 5.91 Å². The van der Waals surface area contributed by atoms with Crippen LogP contribution in [-0.2, 0) is 16.0 Å². The molecule has 0 fully saturated rings. The number of benzene rings is 3. The van der Waals surface area contributed by atoms with Gasteiger partial charge in [0, 0.05) is 16.3 Å². The van der Waals surface area contributed by atoms with Crippen molar-refractivity contribution in [2.24, 2.45) is 5.73 Å². The molecule has 0 aliphatic carbocycles. The molecule has 0 saturated heterocycles. The highest BCUT2D eigenvalue weighted by Crippen LogP contribution is 2.20. The van der Waals surface area contributed by atoms with Gasteiger partial charge in [-0.05, 0) is 47.9 Å². The van der Waals surface area contributed by atoms with Gasteiger partial charge in [-0.25, -0.2) is 0 Å². The molecule has 0 heterocycles. The van der Waals surface area contributed by atoms with E-state index in [1.54, 1.807) is 24.3 Å². The predicted molar refractivity (Wildman–Crippen MR) is 121 cm³/mol. The maximum atomic E-state index is 12.9. The third-order valence-electron chi connectivity index (χ3n) is 4.65. The van der Waals surface area contributed by atoms with Crippen LogP contribution in [0.25, 0.3) is 0 Å². The van der Waals surface area contributed by atoms with Crippen LogP contribution in [0.15, 0.2) is 78.9 Å². The average Bonchev–Trinajstić information content (AvgIpc) is 2.75. The van der Waals surface area contributed by atoms with Gasteiger partial charge in [0.2, 0.25) is 11.8 Å². The van der Waals surface area contributed by atoms with Crippen molar-refractivity contribution in [1.29, 1.82) is 0 Å². The number of primary amides is 1. The molecule has 0 aliphatic rings. The number of hydrogen-bond donors (Lipinski definition) is 3. The number of hydrogen-bond acceptors (Lipinski definition) is 3. The smallest absolute Gasteiger partial charge is 0.251 e. The Balaban J connectivity index is 1.76. The van der Waals surface area contributed by atoms with Crippen LogP contribution in [0.5, 0.6) is 0 Å². The zero-order valence-corrected chi connectivity index (χ0v) is 17.4. The Morgan fingerprint density at radius 1 is 0.871 bits per heavy atom. The second-order valence-corrected chi connectivity index (χ2v) is 7.45. The lowest BCUT2D eigenvalue weighted by Gasteiger charge is -2.19. The van der Waals surface area contributed by atoms with E-state index in [0.717, 1.165) is 11.1 Å². The van der Waals surface area contributed by atoms with E-state index in [0.29, 0.717) is 22.7 Å². The Bertz CT molecular complexity index is 1070. The van der Waals surface area contributed by atoms with E-state index in [1.807, 2.05) is 42.5 Å². The molecule has 3 aromatic carbocycles. The van der Waals surface area contributed by atoms with Crippen molar-refractivity contribution >= 4 is 35.0 Å². The standard InChI is InChI=1S/C24H22ClN3O3/c25-19-12-10-17(11-13-19)23(30)28-21(15-22(26)29)24(31)27-20-9-5-4-8-18(20)14-16-6-2-1-3-7-16/h1-13,21H,14-15H2,(H2,26,29)(H,27,31)(H,28,30)/t21-/m1/s1. The highest BCUT2D eigenvalue weighted by molar-refractivity contribution is 6.30. The van der Waals surface area contributed by atoms with Gasteiger partial charge in [-0.15, -0.1) is 0 Å². The maximum Gasteiger partial charge on any atom is 0.251 e. The normalized spacial score (nSPS) is 11.4. The van der Waals surface area contributed by atoms with Crippen molar-refractivity contribution in [3.8, 4) is 0 Å². The molecule has 0 spiro atoms. The lowest BCUT2D eigenvalue weighted by atomic mass is 10.0. The first kappa shape index (κ1) is 22.1. The fourth-order valence-corrected chi connectivity index (χ4v) is 3.21. The Morgan fingerprint density at radius 3 is 2.19 bits per heavy atom. The SMILES string of the molecule is NC(=O)C[C@@H](NC(=O)c1ccc(Cl)cc1)C(=O)Nc1ccccc1Cc1ccccc1. The van der Waals surface area contributed by atoms with Crippen LogP contribution in [0.3, 0.4) is 0 Å². The highest BCUT2D eigenvalue weighted by Gasteiger charge is 2.24. The molecule has 0 radical (unpaired) electrons. The van der Waals surface area contributed by atoms with Crippen LogP contribution in [-0.4, -0.2) is 23.8 Å². The van der Waals surface area contributed by atoms with Crippen LogP contribution >= 0.6 is 11.6 Å². The van der Waals surface area contributed by atoms with Crippen LogP contribution in [0.4, 0.5) is 5.69 Å². The summed E-state index contributed by atoms with van der Waals surface area (Å²) in [6, 6.07) is 22.3. The molecule has 0 aromatic heterocycles. The van der Waals surface area contributed by atoms with Gasteiger partial charge >= 0.3 is 0 Å². The second kappa shape index (κ2) is 10.4. The summed E-state index contributed by atoms with van der Waals surface area (Å²) in [5.41, 5.74) is 8.22. The fourth-order valence-electron chi connectivity index (χ4n) is 3.09. The first-order chi connectivity index (χ1) is 14.9. The first-order valence-electron chi connectivity index (χ1n) is 9.70. The number of carbonyl (C=O) groups is 3. The van der Waals surface area contributed by atoms with Crippen molar-refractivity contribution in [3.05, 3.63) is 101 Å². The molecule has 4 N–H and O–H groups in total. The highest BCUT2D eigenvalue weighted by atomic mass is 35.5. The topological polar surface area (TPSA) is 101 Å². The molecule has 0 saturated carbocycles. The van der Waals surface area contributed by atoms with Gasteiger partial charge in [-0.3, -0.25) is 14.4 Å². The van der Waals surface area contributed by atoms with Crippen molar-refractivity contribution in [3.63, 3.8) is 0 Å². The Morgan fingerprint density at radius 2 is 1.52 bits per heavy atom. The summed E-state index contributed by atoms with van der Waals surface area (Å²) < 4.78 is 0. The molecule has 6 nitrogen and oxygen atoms in total. The predicted octanol–water partition coefficient (Wildman–Crippen LogP) is 3.54. The van der Waals surface area contributed by atoms with Crippen molar-refractivity contribution in [2.75, 3.05) is 5.32 Å². The van der Waals surface area contributed by atoms with E-state index < -0.39 is 23.8 Å². The number of halogens is 1. The number of amides is 3. The summed E-state index contributed by atoms with van der Waals surface area (Å²) >= 11 is 5.85. The van der Waals surface area contributed by atoms with Crippen LogP contribution in [0.1, 0.15) is 27.9 Å². The van der Waals surface area contributed by atoms with Gasteiger partial charge in [0.05, 0.1) is 6.42 Å². The van der Waals surface area contributed by atoms with E-state index in [4.69, 9.17) is 17.3 Å². The molecular weight excluding hydrogens is 414 g/mol. The molecule has 0 bridgehead atoms. The third kappa shape index (κ3) is 6.42.